The van der Waals surface area contributed by atoms with E-state index < -0.39 is 9.05 Å². The zero-order chi connectivity index (χ0) is 12.0. The van der Waals surface area contributed by atoms with Gasteiger partial charge in [0.1, 0.15) is 0 Å². The van der Waals surface area contributed by atoms with Gasteiger partial charge in [-0.1, -0.05) is 29.8 Å². The van der Waals surface area contributed by atoms with Crippen LogP contribution in [-0.4, -0.2) is 20.8 Å². The average Bonchev–Trinajstić information content (AvgIpc) is 2.18. The second-order valence-electron chi connectivity index (χ2n) is 3.24. The maximum atomic E-state index is 10.6. The third-order valence-corrected chi connectivity index (χ3v) is 3.50. The first-order valence-corrected chi connectivity index (χ1v) is 7.58. The van der Waals surface area contributed by atoms with E-state index in [1.165, 1.54) is 0 Å². The lowest BCUT2D eigenvalue weighted by Gasteiger charge is -2.05. The lowest BCUT2D eigenvalue weighted by Crippen LogP contribution is -2.03. The van der Waals surface area contributed by atoms with Gasteiger partial charge in [-0.2, -0.15) is 0 Å². The van der Waals surface area contributed by atoms with E-state index in [0.29, 0.717) is 24.7 Å². The minimum atomic E-state index is -3.41. The Morgan fingerprint density at radius 1 is 1.25 bits per heavy atom. The molecule has 0 radical (unpaired) electrons. The van der Waals surface area contributed by atoms with Gasteiger partial charge in [0.2, 0.25) is 9.05 Å². The highest BCUT2D eigenvalue weighted by molar-refractivity contribution is 8.13. The molecule has 0 bridgehead atoms. The van der Waals surface area contributed by atoms with Crippen molar-refractivity contribution in [2.24, 2.45) is 0 Å². The van der Waals surface area contributed by atoms with E-state index in [1.54, 1.807) is 6.07 Å². The van der Waals surface area contributed by atoms with Gasteiger partial charge in [0.05, 0.1) is 12.4 Å². The molecular formula is C10H12Cl2O3S. The fourth-order valence-corrected chi connectivity index (χ4v) is 2.11. The van der Waals surface area contributed by atoms with E-state index in [1.807, 2.05) is 18.2 Å². The minimum Gasteiger partial charge on any atom is -0.377 e. The molecule has 0 aliphatic heterocycles. The minimum absolute atomic E-state index is 0.0723. The first kappa shape index (κ1) is 13.8. The Hall–Kier alpha value is -0.290. The van der Waals surface area contributed by atoms with E-state index in [-0.39, 0.29) is 5.75 Å². The van der Waals surface area contributed by atoms with Crippen molar-refractivity contribution in [1.29, 1.82) is 0 Å². The molecule has 0 atom stereocenters. The van der Waals surface area contributed by atoms with Crippen LogP contribution >= 0.6 is 22.3 Å². The van der Waals surface area contributed by atoms with Crippen LogP contribution in [0.5, 0.6) is 0 Å². The molecule has 0 aliphatic rings. The molecule has 1 aromatic carbocycles. The van der Waals surface area contributed by atoms with Crippen LogP contribution in [0.2, 0.25) is 5.02 Å². The Morgan fingerprint density at radius 3 is 2.56 bits per heavy atom. The fourth-order valence-electron chi connectivity index (χ4n) is 1.13. The summed E-state index contributed by atoms with van der Waals surface area (Å²) < 4.78 is 26.5. The van der Waals surface area contributed by atoms with Gasteiger partial charge < -0.3 is 4.74 Å². The molecule has 1 aromatic rings. The van der Waals surface area contributed by atoms with Gasteiger partial charge in [-0.05, 0) is 18.1 Å². The van der Waals surface area contributed by atoms with E-state index in [9.17, 15) is 8.42 Å². The molecule has 0 aromatic heterocycles. The molecule has 0 heterocycles. The van der Waals surface area contributed by atoms with Gasteiger partial charge in [0.15, 0.2) is 0 Å². The van der Waals surface area contributed by atoms with Crippen LogP contribution in [0.15, 0.2) is 24.3 Å². The van der Waals surface area contributed by atoms with Crippen LogP contribution in [0.1, 0.15) is 12.0 Å². The molecule has 90 valence electrons. The molecule has 1 rings (SSSR count). The molecule has 6 heteroatoms. The van der Waals surface area contributed by atoms with Crippen LogP contribution in [-0.2, 0) is 20.4 Å². The predicted octanol–water partition coefficient (Wildman–Crippen LogP) is 2.82. The first-order chi connectivity index (χ1) is 7.49. The van der Waals surface area contributed by atoms with Crippen LogP contribution in [0, 0.1) is 0 Å². The standard InChI is InChI=1S/C10H12Cl2O3S/c11-10-5-2-1-4-9(10)8-15-6-3-7-16(12,13)14/h1-2,4-5H,3,6-8H2. The first-order valence-electron chi connectivity index (χ1n) is 4.72. The van der Waals surface area contributed by atoms with Crippen LogP contribution in [0.3, 0.4) is 0 Å². The van der Waals surface area contributed by atoms with Crippen molar-refractivity contribution in [1.82, 2.24) is 0 Å². The van der Waals surface area contributed by atoms with Crippen LogP contribution in [0.4, 0.5) is 0 Å². The summed E-state index contributed by atoms with van der Waals surface area (Å²) in [4.78, 5) is 0. The van der Waals surface area contributed by atoms with Gasteiger partial charge in [0.25, 0.3) is 0 Å². The zero-order valence-electron chi connectivity index (χ0n) is 8.53. The van der Waals surface area contributed by atoms with Crippen molar-refractivity contribution in [3.05, 3.63) is 34.9 Å². The number of benzene rings is 1. The lowest BCUT2D eigenvalue weighted by atomic mass is 10.2. The Labute approximate surface area is 105 Å². The summed E-state index contributed by atoms with van der Waals surface area (Å²) in [5.41, 5.74) is 0.887. The average molecular weight is 283 g/mol. The highest BCUT2D eigenvalue weighted by atomic mass is 35.7. The second kappa shape index (κ2) is 6.45. The normalized spacial score (nSPS) is 11.6. The molecule has 0 aliphatic carbocycles. The van der Waals surface area contributed by atoms with Crippen molar-refractivity contribution in [3.63, 3.8) is 0 Å². The number of halogens is 2. The largest absolute Gasteiger partial charge is 0.377 e. The van der Waals surface area contributed by atoms with Crippen molar-refractivity contribution >= 4 is 31.3 Å². The van der Waals surface area contributed by atoms with Crippen LogP contribution < -0.4 is 0 Å². The van der Waals surface area contributed by atoms with Gasteiger partial charge >= 0.3 is 0 Å². The van der Waals surface area contributed by atoms with Gasteiger partial charge in [0, 0.05) is 22.3 Å². The quantitative estimate of drug-likeness (QED) is 0.595. The highest BCUT2D eigenvalue weighted by Crippen LogP contribution is 2.15. The van der Waals surface area contributed by atoms with Crippen molar-refractivity contribution in [2.75, 3.05) is 12.4 Å². The Bertz CT molecular complexity index is 431. The van der Waals surface area contributed by atoms with Gasteiger partial charge in [-0.15, -0.1) is 0 Å². The summed E-state index contributed by atoms with van der Waals surface area (Å²) in [6.45, 7) is 0.721. The van der Waals surface area contributed by atoms with Gasteiger partial charge in [-0.3, -0.25) is 0 Å². The number of ether oxygens (including phenoxy) is 1. The summed E-state index contributed by atoms with van der Waals surface area (Å²) in [5, 5.41) is 0.646. The topological polar surface area (TPSA) is 43.4 Å². The molecule has 16 heavy (non-hydrogen) atoms. The molecule has 0 fully saturated rings. The molecule has 0 unspecified atom stereocenters. The Kier molecular flexibility index (Phi) is 5.55. The number of hydrogen-bond acceptors (Lipinski definition) is 3. The Balaban J connectivity index is 2.24. The van der Waals surface area contributed by atoms with E-state index in [0.717, 1.165) is 5.56 Å². The molecular weight excluding hydrogens is 271 g/mol. The number of hydrogen-bond donors (Lipinski definition) is 0. The van der Waals surface area contributed by atoms with Gasteiger partial charge in [-0.25, -0.2) is 8.42 Å². The summed E-state index contributed by atoms with van der Waals surface area (Å²) in [6, 6.07) is 7.35. The predicted molar refractivity (Wildman–Crippen MR) is 65.4 cm³/mol. The second-order valence-corrected chi connectivity index (χ2v) is 6.54. The fraction of sp³-hybridized carbons (Fsp3) is 0.400. The lowest BCUT2D eigenvalue weighted by molar-refractivity contribution is 0.122. The van der Waals surface area contributed by atoms with Crippen molar-refractivity contribution < 1.29 is 13.2 Å². The SMILES string of the molecule is O=S(=O)(Cl)CCCOCc1ccccc1Cl. The maximum Gasteiger partial charge on any atom is 0.232 e. The van der Waals surface area contributed by atoms with Crippen molar-refractivity contribution in [2.45, 2.75) is 13.0 Å². The summed E-state index contributed by atoms with van der Waals surface area (Å²) in [6.07, 6.45) is 0.385. The van der Waals surface area contributed by atoms with E-state index in [4.69, 9.17) is 27.0 Å². The number of rotatable bonds is 6. The van der Waals surface area contributed by atoms with E-state index >= 15 is 0 Å². The smallest absolute Gasteiger partial charge is 0.232 e. The summed E-state index contributed by atoms with van der Waals surface area (Å²) in [5.74, 6) is -0.0723. The molecule has 0 N–H and O–H groups in total. The van der Waals surface area contributed by atoms with Crippen LogP contribution in [0.25, 0.3) is 0 Å². The molecule has 0 saturated heterocycles. The monoisotopic (exact) mass is 282 g/mol. The highest BCUT2D eigenvalue weighted by Gasteiger charge is 2.04. The molecule has 3 nitrogen and oxygen atoms in total. The third kappa shape index (κ3) is 5.70. The maximum absolute atomic E-state index is 10.6. The summed E-state index contributed by atoms with van der Waals surface area (Å²) >= 11 is 5.91. The zero-order valence-corrected chi connectivity index (χ0v) is 10.9. The summed E-state index contributed by atoms with van der Waals surface area (Å²) in [7, 11) is 1.64. The Morgan fingerprint density at radius 2 is 1.94 bits per heavy atom. The van der Waals surface area contributed by atoms with E-state index in [2.05, 4.69) is 0 Å². The third-order valence-electron chi connectivity index (χ3n) is 1.89. The molecule has 0 spiro atoms. The molecule has 0 saturated carbocycles. The molecule has 0 amide bonds. The van der Waals surface area contributed by atoms with Crippen molar-refractivity contribution in [3.8, 4) is 0 Å².